The fourth-order valence-electron chi connectivity index (χ4n) is 2.61. The average Bonchev–Trinajstić information content (AvgIpc) is 3.02. The number of hydrogen-bond acceptors (Lipinski definition) is 6. The lowest BCUT2D eigenvalue weighted by Crippen LogP contribution is -2.44. The Hall–Kier alpha value is -2.12. The summed E-state index contributed by atoms with van der Waals surface area (Å²) in [5.74, 6) is 1.90. The number of nitrogens with zero attached hydrogens (tertiary/aromatic N) is 5. The van der Waals surface area contributed by atoms with Crippen LogP contribution in [0, 0.1) is 0 Å². The molecular formula is C16H14BrN5O. The zero-order valence-electron chi connectivity index (χ0n) is 12.3. The molecule has 1 saturated heterocycles. The zero-order chi connectivity index (χ0) is 15.6. The molecule has 3 aromatic rings. The predicted octanol–water partition coefficient (Wildman–Crippen LogP) is 2.89. The molecule has 0 radical (unpaired) electrons. The first-order valence-corrected chi connectivity index (χ1v) is 8.15. The van der Waals surface area contributed by atoms with Crippen LogP contribution in [0.1, 0.15) is 17.4 Å². The first-order chi connectivity index (χ1) is 11.3. The maximum atomic E-state index is 5.36. The van der Waals surface area contributed by atoms with E-state index in [1.54, 1.807) is 18.5 Å². The molecule has 2 aromatic heterocycles. The van der Waals surface area contributed by atoms with Gasteiger partial charge in [0.15, 0.2) is 0 Å². The van der Waals surface area contributed by atoms with Gasteiger partial charge in [-0.3, -0.25) is 4.90 Å². The summed E-state index contributed by atoms with van der Waals surface area (Å²) in [7, 11) is 0. The van der Waals surface area contributed by atoms with Gasteiger partial charge in [0.1, 0.15) is 0 Å². The maximum Gasteiger partial charge on any atom is 0.240 e. The molecule has 1 fully saturated rings. The van der Waals surface area contributed by atoms with Gasteiger partial charge in [-0.1, -0.05) is 33.2 Å². The van der Waals surface area contributed by atoms with Crippen molar-refractivity contribution in [1.82, 2.24) is 25.0 Å². The number of halogens is 1. The zero-order valence-corrected chi connectivity index (χ0v) is 13.8. The molecular weight excluding hydrogens is 358 g/mol. The van der Waals surface area contributed by atoms with E-state index in [0.717, 1.165) is 24.1 Å². The monoisotopic (exact) mass is 371 g/mol. The van der Waals surface area contributed by atoms with Gasteiger partial charge in [0.2, 0.25) is 17.5 Å². The van der Waals surface area contributed by atoms with Crippen molar-refractivity contribution in [3.8, 4) is 11.6 Å². The number of likely N-dealkylation sites (tertiary alicyclic amines) is 1. The first kappa shape index (κ1) is 14.5. The third-order valence-corrected chi connectivity index (χ3v) is 4.36. The van der Waals surface area contributed by atoms with Crippen molar-refractivity contribution >= 4 is 15.9 Å². The van der Waals surface area contributed by atoms with Gasteiger partial charge in [-0.05, 0) is 23.8 Å². The Bertz CT molecular complexity index is 784. The molecule has 3 heterocycles. The van der Waals surface area contributed by atoms with Crippen molar-refractivity contribution in [3.05, 3.63) is 58.7 Å². The molecule has 1 aromatic carbocycles. The quantitative estimate of drug-likeness (QED) is 0.702. The van der Waals surface area contributed by atoms with Crippen molar-refractivity contribution in [2.45, 2.75) is 12.5 Å². The van der Waals surface area contributed by atoms with Gasteiger partial charge in [0.25, 0.3) is 0 Å². The summed E-state index contributed by atoms with van der Waals surface area (Å²) in [6.45, 7) is 2.78. The molecule has 6 nitrogen and oxygen atoms in total. The van der Waals surface area contributed by atoms with Crippen LogP contribution in [-0.4, -0.2) is 38.1 Å². The largest absolute Gasteiger partial charge is 0.338 e. The smallest absolute Gasteiger partial charge is 0.240 e. The summed E-state index contributed by atoms with van der Waals surface area (Å²) < 4.78 is 6.46. The van der Waals surface area contributed by atoms with Crippen molar-refractivity contribution in [3.63, 3.8) is 0 Å². The van der Waals surface area contributed by atoms with E-state index in [2.05, 4.69) is 65.2 Å². The second kappa shape index (κ2) is 6.17. The Kier molecular flexibility index (Phi) is 3.88. The second-order valence-electron chi connectivity index (χ2n) is 5.55. The van der Waals surface area contributed by atoms with E-state index in [9.17, 15) is 0 Å². The van der Waals surface area contributed by atoms with E-state index in [4.69, 9.17) is 4.52 Å². The van der Waals surface area contributed by atoms with Gasteiger partial charge in [0.05, 0.1) is 5.92 Å². The Morgan fingerprint density at radius 3 is 2.57 bits per heavy atom. The summed E-state index contributed by atoms with van der Waals surface area (Å²) in [4.78, 5) is 15.0. The first-order valence-electron chi connectivity index (χ1n) is 7.36. The number of hydrogen-bond donors (Lipinski definition) is 0. The van der Waals surface area contributed by atoms with E-state index in [0.29, 0.717) is 17.5 Å². The van der Waals surface area contributed by atoms with Crippen molar-refractivity contribution < 1.29 is 4.52 Å². The van der Waals surface area contributed by atoms with E-state index >= 15 is 0 Å². The Labute approximate surface area is 141 Å². The van der Waals surface area contributed by atoms with Crippen LogP contribution >= 0.6 is 15.9 Å². The van der Waals surface area contributed by atoms with Gasteiger partial charge >= 0.3 is 0 Å². The lowest BCUT2D eigenvalue weighted by atomic mass is 9.99. The van der Waals surface area contributed by atoms with Crippen molar-refractivity contribution in [2.24, 2.45) is 0 Å². The summed E-state index contributed by atoms with van der Waals surface area (Å²) in [6.07, 6.45) is 3.34. The SMILES string of the molecule is Brc1ccc(CN2CC(c3nc(-c4ncccn4)no3)C2)cc1. The minimum Gasteiger partial charge on any atom is -0.338 e. The number of aromatic nitrogens is 4. The van der Waals surface area contributed by atoms with Gasteiger partial charge < -0.3 is 4.52 Å². The molecule has 0 aliphatic carbocycles. The van der Waals surface area contributed by atoms with E-state index in [1.807, 2.05) is 0 Å². The third-order valence-electron chi connectivity index (χ3n) is 3.83. The van der Waals surface area contributed by atoms with E-state index in [-0.39, 0.29) is 5.92 Å². The van der Waals surface area contributed by atoms with Crippen molar-refractivity contribution in [1.29, 1.82) is 0 Å². The second-order valence-corrected chi connectivity index (χ2v) is 6.46. The van der Waals surface area contributed by atoms with Crippen molar-refractivity contribution in [2.75, 3.05) is 13.1 Å². The molecule has 0 N–H and O–H groups in total. The number of rotatable bonds is 4. The summed E-state index contributed by atoms with van der Waals surface area (Å²) in [6, 6.07) is 10.2. The molecule has 0 unspecified atom stereocenters. The van der Waals surface area contributed by atoms with E-state index in [1.165, 1.54) is 5.56 Å². The lowest BCUT2D eigenvalue weighted by molar-refractivity contribution is 0.117. The average molecular weight is 372 g/mol. The van der Waals surface area contributed by atoms with Gasteiger partial charge in [-0.2, -0.15) is 4.98 Å². The van der Waals surface area contributed by atoms with Crippen LogP contribution in [0.15, 0.2) is 51.7 Å². The van der Waals surface area contributed by atoms with Gasteiger partial charge in [-0.25, -0.2) is 9.97 Å². The van der Waals surface area contributed by atoms with Crippen LogP contribution in [0.2, 0.25) is 0 Å². The summed E-state index contributed by atoms with van der Waals surface area (Å²) >= 11 is 3.45. The van der Waals surface area contributed by atoms with Crippen LogP contribution < -0.4 is 0 Å². The Morgan fingerprint density at radius 1 is 1.09 bits per heavy atom. The molecule has 0 saturated carbocycles. The highest BCUT2D eigenvalue weighted by Crippen LogP contribution is 2.28. The molecule has 23 heavy (non-hydrogen) atoms. The minimum atomic E-state index is 0.287. The Balaban J connectivity index is 1.37. The fraction of sp³-hybridized carbons (Fsp3) is 0.250. The molecule has 116 valence electrons. The molecule has 0 bridgehead atoms. The van der Waals surface area contributed by atoms with Crippen LogP contribution in [0.3, 0.4) is 0 Å². The minimum absolute atomic E-state index is 0.287. The molecule has 4 rings (SSSR count). The normalized spacial score (nSPS) is 15.5. The van der Waals surface area contributed by atoms with Crippen LogP contribution in [0.5, 0.6) is 0 Å². The lowest BCUT2D eigenvalue weighted by Gasteiger charge is -2.37. The highest BCUT2D eigenvalue weighted by molar-refractivity contribution is 9.10. The molecule has 7 heteroatoms. The maximum absolute atomic E-state index is 5.36. The standard InChI is InChI=1S/C16H14BrN5O/c17-13-4-2-11(3-5-13)8-22-9-12(10-22)16-20-15(21-23-16)14-18-6-1-7-19-14/h1-7,12H,8-10H2. The Morgan fingerprint density at radius 2 is 1.83 bits per heavy atom. The summed E-state index contributed by atoms with van der Waals surface area (Å²) in [5, 5.41) is 3.97. The molecule has 0 atom stereocenters. The van der Waals surface area contributed by atoms with E-state index < -0.39 is 0 Å². The highest BCUT2D eigenvalue weighted by Gasteiger charge is 2.32. The highest BCUT2D eigenvalue weighted by atomic mass is 79.9. The molecule has 1 aliphatic heterocycles. The topological polar surface area (TPSA) is 67.9 Å². The van der Waals surface area contributed by atoms with Crippen LogP contribution in [0.4, 0.5) is 0 Å². The fourth-order valence-corrected chi connectivity index (χ4v) is 2.87. The van der Waals surface area contributed by atoms with Gasteiger partial charge in [-0.15, -0.1) is 0 Å². The van der Waals surface area contributed by atoms with Crippen LogP contribution in [0.25, 0.3) is 11.6 Å². The molecule has 0 spiro atoms. The summed E-state index contributed by atoms with van der Waals surface area (Å²) in [5.41, 5.74) is 1.30. The van der Waals surface area contributed by atoms with Crippen LogP contribution in [-0.2, 0) is 6.54 Å². The third kappa shape index (κ3) is 3.16. The van der Waals surface area contributed by atoms with Gasteiger partial charge in [0, 0.05) is 36.5 Å². The predicted molar refractivity (Wildman–Crippen MR) is 87.5 cm³/mol. The molecule has 0 amide bonds. The molecule has 1 aliphatic rings. The number of benzene rings is 1.